The van der Waals surface area contributed by atoms with Gasteiger partial charge >= 0.3 is 0 Å². The van der Waals surface area contributed by atoms with Gasteiger partial charge in [-0.15, -0.1) is 0 Å². The lowest BCUT2D eigenvalue weighted by molar-refractivity contribution is -0.129. The summed E-state index contributed by atoms with van der Waals surface area (Å²) in [4.78, 5) is 18.3. The summed E-state index contributed by atoms with van der Waals surface area (Å²) in [6.07, 6.45) is 3.81. The zero-order valence-corrected chi connectivity index (χ0v) is 11.7. The van der Waals surface area contributed by atoms with Crippen molar-refractivity contribution < 1.29 is 9.32 Å². The standard InChI is InChI=1S/C13H22N4O2/c1-3-5-6-12-15-11(16-19-12)9-17-8-7-14-13(18)10(17)4-2/h10H,3-9H2,1-2H3,(H,14,18)/t10-/m0/s1. The largest absolute Gasteiger partial charge is 0.353 e. The molecule has 0 saturated carbocycles. The fourth-order valence-corrected chi connectivity index (χ4v) is 2.36. The summed E-state index contributed by atoms with van der Waals surface area (Å²) < 4.78 is 5.22. The molecule has 0 bridgehead atoms. The molecule has 1 aliphatic rings. The molecule has 1 aliphatic heterocycles. The SMILES string of the molecule is CCCCc1nc(CN2CCNC(=O)[C@@H]2CC)no1. The van der Waals surface area contributed by atoms with Gasteiger partial charge in [-0.2, -0.15) is 4.98 Å². The van der Waals surface area contributed by atoms with Crippen molar-refractivity contribution in [1.29, 1.82) is 0 Å². The molecule has 1 aromatic heterocycles. The Bertz CT molecular complexity index is 419. The van der Waals surface area contributed by atoms with Gasteiger partial charge in [-0.05, 0) is 12.8 Å². The molecule has 1 aromatic rings. The number of nitrogens with zero attached hydrogens (tertiary/aromatic N) is 3. The fourth-order valence-electron chi connectivity index (χ4n) is 2.36. The van der Waals surface area contributed by atoms with Gasteiger partial charge in [0.05, 0.1) is 12.6 Å². The molecule has 106 valence electrons. The van der Waals surface area contributed by atoms with Crippen molar-refractivity contribution in [3.05, 3.63) is 11.7 Å². The topological polar surface area (TPSA) is 71.3 Å². The molecular weight excluding hydrogens is 244 g/mol. The van der Waals surface area contributed by atoms with Crippen LogP contribution in [0.25, 0.3) is 0 Å². The van der Waals surface area contributed by atoms with Crippen LogP contribution in [0, 0.1) is 0 Å². The van der Waals surface area contributed by atoms with E-state index in [-0.39, 0.29) is 11.9 Å². The summed E-state index contributed by atoms with van der Waals surface area (Å²) in [5.41, 5.74) is 0. The van der Waals surface area contributed by atoms with E-state index >= 15 is 0 Å². The molecule has 1 N–H and O–H groups in total. The first kappa shape index (κ1) is 14.0. The second-order valence-electron chi connectivity index (χ2n) is 4.89. The van der Waals surface area contributed by atoms with Gasteiger partial charge in [0, 0.05) is 19.5 Å². The predicted molar refractivity (Wildman–Crippen MR) is 70.4 cm³/mol. The lowest BCUT2D eigenvalue weighted by Crippen LogP contribution is -2.54. The predicted octanol–water partition coefficient (Wildman–Crippen LogP) is 1.12. The van der Waals surface area contributed by atoms with Crippen molar-refractivity contribution in [2.75, 3.05) is 13.1 Å². The highest BCUT2D eigenvalue weighted by Crippen LogP contribution is 2.12. The number of unbranched alkanes of at least 4 members (excludes halogenated alkanes) is 1. The van der Waals surface area contributed by atoms with Crippen LogP contribution in [0.4, 0.5) is 0 Å². The third kappa shape index (κ3) is 3.53. The van der Waals surface area contributed by atoms with Gasteiger partial charge in [-0.25, -0.2) is 0 Å². The van der Waals surface area contributed by atoms with Gasteiger partial charge in [-0.1, -0.05) is 25.4 Å². The van der Waals surface area contributed by atoms with Crippen molar-refractivity contribution in [3.63, 3.8) is 0 Å². The number of nitrogens with one attached hydrogen (secondary N) is 1. The minimum absolute atomic E-state index is 0.0775. The van der Waals surface area contributed by atoms with Crippen LogP contribution >= 0.6 is 0 Å². The van der Waals surface area contributed by atoms with Crippen molar-refractivity contribution >= 4 is 5.91 Å². The average Bonchev–Trinajstić information content (AvgIpc) is 2.84. The number of aromatic nitrogens is 2. The van der Waals surface area contributed by atoms with E-state index in [0.29, 0.717) is 24.8 Å². The monoisotopic (exact) mass is 266 g/mol. The number of carbonyl (C=O) groups excluding carboxylic acids is 1. The Kier molecular flexibility index (Phi) is 4.90. The second kappa shape index (κ2) is 6.65. The van der Waals surface area contributed by atoms with Gasteiger partial charge < -0.3 is 9.84 Å². The molecular formula is C13H22N4O2. The van der Waals surface area contributed by atoms with E-state index in [9.17, 15) is 4.79 Å². The van der Waals surface area contributed by atoms with E-state index in [0.717, 1.165) is 32.2 Å². The first-order valence-electron chi connectivity index (χ1n) is 7.07. The van der Waals surface area contributed by atoms with Crippen LogP contribution in [-0.2, 0) is 17.8 Å². The highest BCUT2D eigenvalue weighted by atomic mass is 16.5. The lowest BCUT2D eigenvalue weighted by Gasteiger charge is -2.33. The number of rotatable bonds is 6. The minimum atomic E-state index is -0.0775. The molecule has 1 saturated heterocycles. The van der Waals surface area contributed by atoms with Crippen molar-refractivity contribution in [2.24, 2.45) is 0 Å². The second-order valence-corrected chi connectivity index (χ2v) is 4.89. The van der Waals surface area contributed by atoms with Crippen LogP contribution in [0.2, 0.25) is 0 Å². The van der Waals surface area contributed by atoms with Gasteiger partial charge in [0.15, 0.2) is 5.82 Å². The third-order valence-corrected chi connectivity index (χ3v) is 3.43. The number of carbonyl (C=O) groups is 1. The summed E-state index contributed by atoms with van der Waals surface area (Å²) in [5.74, 6) is 1.48. The molecule has 0 aromatic carbocycles. The van der Waals surface area contributed by atoms with E-state index < -0.39 is 0 Å². The molecule has 1 atom stereocenters. The van der Waals surface area contributed by atoms with Crippen LogP contribution < -0.4 is 5.32 Å². The number of piperazine rings is 1. The Morgan fingerprint density at radius 3 is 3.05 bits per heavy atom. The third-order valence-electron chi connectivity index (χ3n) is 3.43. The molecule has 2 heterocycles. The highest BCUT2D eigenvalue weighted by Gasteiger charge is 2.28. The van der Waals surface area contributed by atoms with Gasteiger partial charge in [0.25, 0.3) is 0 Å². The van der Waals surface area contributed by atoms with Crippen LogP contribution in [0.1, 0.15) is 44.8 Å². The molecule has 6 heteroatoms. The zero-order valence-electron chi connectivity index (χ0n) is 11.7. The van der Waals surface area contributed by atoms with E-state index in [2.05, 4.69) is 27.3 Å². The molecule has 0 radical (unpaired) electrons. The summed E-state index contributed by atoms with van der Waals surface area (Å²) in [6, 6.07) is -0.0775. The smallest absolute Gasteiger partial charge is 0.237 e. The molecule has 2 rings (SSSR count). The number of hydrogen-bond acceptors (Lipinski definition) is 5. The molecule has 1 fully saturated rings. The van der Waals surface area contributed by atoms with E-state index in [1.165, 1.54) is 0 Å². The average molecular weight is 266 g/mol. The molecule has 0 unspecified atom stereocenters. The van der Waals surface area contributed by atoms with Crippen molar-refractivity contribution in [3.8, 4) is 0 Å². The summed E-state index contributed by atoms with van der Waals surface area (Å²) in [5, 5.41) is 6.88. The van der Waals surface area contributed by atoms with E-state index in [1.54, 1.807) is 0 Å². The summed E-state index contributed by atoms with van der Waals surface area (Å²) in [6.45, 7) is 6.27. The number of aryl methyl sites for hydroxylation is 1. The fraction of sp³-hybridized carbons (Fsp3) is 0.769. The summed E-state index contributed by atoms with van der Waals surface area (Å²) >= 11 is 0. The van der Waals surface area contributed by atoms with Crippen LogP contribution in [0.15, 0.2) is 4.52 Å². The molecule has 1 amide bonds. The highest BCUT2D eigenvalue weighted by molar-refractivity contribution is 5.82. The first-order chi connectivity index (χ1) is 9.24. The number of hydrogen-bond donors (Lipinski definition) is 1. The van der Waals surface area contributed by atoms with Crippen molar-refractivity contribution in [1.82, 2.24) is 20.4 Å². The molecule has 0 aliphatic carbocycles. The quantitative estimate of drug-likeness (QED) is 0.835. The Morgan fingerprint density at radius 1 is 1.47 bits per heavy atom. The van der Waals surface area contributed by atoms with E-state index in [4.69, 9.17) is 4.52 Å². The molecule has 0 spiro atoms. The normalized spacial score (nSPS) is 20.5. The van der Waals surface area contributed by atoms with Crippen molar-refractivity contribution in [2.45, 2.75) is 52.1 Å². The van der Waals surface area contributed by atoms with E-state index in [1.807, 2.05) is 6.92 Å². The molecule has 19 heavy (non-hydrogen) atoms. The maximum atomic E-state index is 11.8. The zero-order chi connectivity index (χ0) is 13.7. The number of amides is 1. The maximum absolute atomic E-state index is 11.8. The summed E-state index contributed by atoms with van der Waals surface area (Å²) in [7, 11) is 0. The molecule has 6 nitrogen and oxygen atoms in total. The Hall–Kier alpha value is -1.43. The maximum Gasteiger partial charge on any atom is 0.237 e. The van der Waals surface area contributed by atoms with Crippen LogP contribution in [-0.4, -0.2) is 40.1 Å². The van der Waals surface area contributed by atoms with Gasteiger partial charge in [-0.3, -0.25) is 9.69 Å². The van der Waals surface area contributed by atoms with Crippen LogP contribution in [0.5, 0.6) is 0 Å². The first-order valence-corrected chi connectivity index (χ1v) is 7.07. The van der Waals surface area contributed by atoms with Gasteiger partial charge in [0.2, 0.25) is 11.8 Å². The minimum Gasteiger partial charge on any atom is -0.353 e. The Labute approximate surface area is 113 Å². The lowest BCUT2D eigenvalue weighted by atomic mass is 10.1. The Morgan fingerprint density at radius 2 is 2.32 bits per heavy atom. The van der Waals surface area contributed by atoms with Crippen LogP contribution in [0.3, 0.4) is 0 Å². The van der Waals surface area contributed by atoms with Gasteiger partial charge in [0.1, 0.15) is 0 Å². The Balaban J connectivity index is 1.95.